The van der Waals surface area contributed by atoms with Crippen LogP contribution in [0.1, 0.15) is 32.4 Å². The summed E-state index contributed by atoms with van der Waals surface area (Å²) in [6.45, 7) is 5.30. The lowest BCUT2D eigenvalue weighted by Crippen LogP contribution is -2.35. The predicted octanol–water partition coefficient (Wildman–Crippen LogP) is 2.09. The maximum atomic E-state index is 11.5. The second-order valence-corrected chi connectivity index (χ2v) is 4.12. The van der Waals surface area contributed by atoms with E-state index < -0.39 is 5.91 Å². The van der Waals surface area contributed by atoms with Crippen LogP contribution >= 0.6 is 0 Å². The summed E-state index contributed by atoms with van der Waals surface area (Å²) in [5.41, 5.74) is 0.993. The normalized spacial score (nSPS) is 12.2. The number of ketones is 1. The van der Waals surface area contributed by atoms with Crippen molar-refractivity contribution in [3.8, 4) is 0 Å². The number of hydrogen-bond donors (Lipinski definition) is 1. The molecule has 3 heteroatoms. The molecule has 1 aromatic rings. The fraction of sp³-hybridized carbons (Fsp3) is 0.385. The average molecular weight is 219 g/mol. The maximum absolute atomic E-state index is 11.5. The van der Waals surface area contributed by atoms with Crippen LogP contribution in [0.5, 0.6) is 0 Å². The van der Waals surface area contributed by atoms with E-state index in [1.165, 1.54) is 0 Å². The van der Waals surface area contributed by atoms with Gasteiger partial charge < -0.3 is 5.32 Å². The molecule has 0 saturated carbocycles. The van der Waals surface area contributed by atoms with E-state index in [1.807, 2.05) is 37.3 Å². The van der Waals surface area contributed by atoms with Gasteiger partial charge in [0.1, 0.15) is 0 Å². The summed E-state index contributed by atoms with van der Waals surface area (Å²) in [6, 6.07) is 9.42. The summed E-state index contributed by atoms with van der Waals surface area (Å²) in [5, 5.41) is 2.69. The largest absolute Gasteiger partial charge is 0.343 e. The number of hydrogen-bond acceptors (Lipinski definition) is 2. The molecule has 1 unspecified atom stereocenters. The summed E-state index contributed by atoms with van der Waals surface area (Å²) in [4.78, 5) is 22.9. The van der Waals surface area contributed by atoms with Gasteiger partial charge in [-0.3, -0.25) is 9.59 Å². The van der Waals surface area contributed by atoms with Gasteiger partial charge in [-0.2, -0.15) is 0 Å². The van der Waals surface area contributed by atoms with E-state index in [0.29, 0.717) is 0 Å². The fourth-order valence-electron chi connectivity index (χ4n) is 1.36. The van der Waals surface area contributed by atoms with Gasteiger partial charge in [-0.05, 0) is 12.5 Å². The second kappa shape index (κ2) is 5.45. The van der Waals surface area contributed by atoms with Crippen LogP contribution in [-0.4, -0.2) is 11.7 Å². The highest BCUT2D eigenvalue weighted by atomic mass is 16.2. The van der Waals surface area contributed by atoms with Gasteiger partial charge >= 0.3 is 0 Å². The van der Waals surface area contributed by atoms with Gasteiger partial charge in [0.25, 0.3) is 5.91 Å². The maximum Gasteiger partial charge on any atom is 0.288 e. The summed E-state index contributed by atoms with van der Waals surface area (Å²) < 4.78 is 0. The highest BCUT2D eigenvalue weighted by Crippen LogP contribution is 2.11. The molecule has 1 N–H and O–H groups in total. The first-order chi connectivity index (χ1) is 7.52. The number of nitrogens with one attached hydrogen (secondary N) is 1. The molecule has 1 amide bonds. The predicted molar refractivity (Wildman–Crippen MR) is 62.8 cm³/mol. The Morgan fingerprint density at radius 3 is 2.12 bits per heavy atom. The van der Waals surface area contributed by atoms with Gasteiger partial charge in [-0.15, -0.1) is 0 Å². The Morgan fingerprint density at radius 1 is 1.06 bits per heavy atom. The first kappa shape index (κ1) is 12.4. The molecule has 0 saturated heterocycles. The lowest BCUT2D eigenvalue weighted by atomic mass is 10.1. The third-order valence-corrected chi connectivity index (χ3v) is 2.40. The number of carbonyl (C=O) groups excluding carboxylic acids is 2. The Kier molecular flexibility index (Phi) is 4.23. The van der Waals surface area contributed by atoms with Crippen molar-refractivity contribution in [2.24, 2.45) is 5.92 Å². The zero-order valence-corrected chi connectivity index (χ0v) is 9.86. The number of rotatable bonds is 4. The minimum absolute atomic E-state index is 0.142. The molecule has 86 valence electrons. The van der Waals surface area contributed by atoms with E-state index in [1.54, 1.807) is 13.8 Å². The number of amides is 1. The van der Waals surface area contributed by atoms with Crippen molar-refractivity contribution in [2.45, 2.75) is 26.8 Å². The molecule has 1 rings (SSSR count). The van der Waals surface area contributed by atoms with E-state index in [-0.39, 0.29) is 17.7 Å². The molecule has 1 atom stereocenters. The van der Waals surface area contributed by atoms with Crippen molar-refractivity contribution in [3.63, 3.8) is 0 Å². The van der Waals surface area contributed by atoms with Crippen LogP contribution in [0.25, 0.3) is 0 Å². The second-order valence-electron chi connectivity index (χ2n) is 4.12. The quantitative estimate of drug-likeness (QED) is 0.788. The summed E-state index contributed by atoms with van der Waals surface area (Å²) >= 11 is 0. The SMILES string of the molecule is CC(C)C(=O)C(=O)NC(C)c1ccccc1. The zero-order valence-electron chi connectivity index (χ0n) is 9.86. The molecule has 0 aliphatic rings. The monoisotopic (exact) mass is 219 g/mol. The van der Waals surface area contributed by atoms with Gasteiger partial charge in [-0.1, -0.05) is 44.2 Å². The third kappa shape index (κ3) is 3.19. The molecule has 0 radical (unpaired) electrons. The van der Waals surface area contributed by atoms with E-state index in [9.17, 15) is 9.59 Å². The van der Waals surface area contributed by atoms with Crippen molar-refractivity contribution in [1.82, 2.24) is 5.32 Å². The minimum Gasteiger partial charge on any atom is -0.343 e. The lowest BCUT2D eigenvalue weighted by molar-refractivity contribution is -0.140. The smallest absolute Gasteiger partial charge is 0.288 e. The average Bonchev–Trinajstić information content (AvgIpc) is 2.28. The summed E-state index contributed by atoms with van der Waals surface area (Å²) in [6.07, 6.45) is 0. The van der Waals surface area contributed by atoms with E-state index in [4.69, 9.17) is 0 Å². The Morgan fingerprint density at radius 2 is 1.62 bits per heavy atom. The topological polar surface area (TPSA) is 46.2 Å². The molecule has 16 heavy (non-hydrogen) atoms. The van der Waals surface area contributed by atoms with Crippen molar-refractivity contribution in [2.75, 3.05) is 0 Å². The lowest BCUT2D eigenvalue weighted by Gasteiger charge is -2.14. The highest BCUT2D eigenvalue weighted by Gasteiger charge is 2.19. The molecule has 0 bridgehead atoms. The summed E-state index contributed by atoms with van der Waals surface area (Å²) in [7, 11) is 0. The zero-order chi connectivity index (χ0) is 12.1. The van der Waals surface area contributed by atoms with Gasteiger partial charge in [0.2, 0.25) is 5.78 Å². The number of Topliss-reactive ketones (excluding diaryl/α,β-unsaturated/α-hetero) is 1. The van der Waals surface area contributed by atoms with Gasteiger partial charge in [0.15, 0.2) is 0 Å². The van der Waals surface area contributed by atoms with Crippen molar-refractivity contribution in [1.29, 1.82) is 0 Å². The van der Waals surface area contributed by atoms with Crippen LogP contribution in [0.2, 0.25) is 0 Å². The molecule has 0 fully saturated rings. The highest BCUT2D eigenvalue weighted by molar-refractivity contribution is 6.36. The van der Waals surface area contributed by atoms with Crippen molar-refractivity contribution in [3.05, 3.63) is 35.9 Å². The van der Waals surface area contributed by atoms with Crippen LogP contribution in [0.3, 0.4) is 0 Å². The Labute approximate surface area is 95.9 Å². The molecule has 0 spiro atoms. The minimum atomic E-state index is -0.508. The van der Waals surface area contributed by atoms with Crippen LogP contribution in [-0.2, 0) is 9.59 Å². The van der Waals surface area contributed by atoms with E-state index >= 15 is 0 Å². The molecule has 0 aromatic heterocycles. The molecule has 0 aliphatic heterocycles. The Bertz CT molecular complexity index is 371. The van der Waals surface area contributed by atoms with E-state index in [0.717, 1.165) is 5.56 Å². The number of carbonyl (C=O) groups is 2. The Balaban J connectivity index is 2.62. The first-order valence-corrected chi connectivity index (χ1v) is 5.42. The first-order valence-electron chi connectivity index (χ1n) is 5.42. The van der Waals surface area contributed by atoms with Crippen LogP contribution in [0.4, 0.5) is 0 Å². The molecule has 0 heterocycles. The van der Waals surface area contributed by atoms with Crippen LogP contribution < -0.4 is 5.32 Å². The molecular formula is C13H17NO2. The van der Waals surface area contributed by atoms with Gasteiger partial charge in [0, 0.05) is 5.92 Å². The van der Waals surface area contributed by atoms with Crippen molar-refractivity contribution < 1.29 is 9.59 Å². The fourth-order valence-corrected chi connectivity index (χ4v) is 1.36. The summed E-state index contributed by atoms with van der Waals surface area (Å²) in [5.74, 6) is -1.14. The third-order valence-electron chi connectivity index (χ3n) is 2.40. The van der Waals surface area contributed by atoms with Gasteiger partial charge in [-0.25, -0.2) is 0 Å². The van der Waals surface area contributed by atoms with Crippen LogP contribution in [0.15, 0.2) is 30.3 Å². The standard InChI is InChI=1S/C13H17NO2/c1-9(2)12(15)13(16)14-10(3)11-7-5-4-6-8-11/h4-10H,1-3H3,(H,14,16). The molecule has 3 nitrogen and oxygen atoms in total. The molecule has 0 aliphatic carbocycles. The number of benzene rings is 1. The molecular weight excluding hydrogens is 202 g/mol. The van der Waals surface area contributed by atoms with Crippen molar-refractivity contribution >= 4 is 11.7 Å². The molecule has 1 aromatic carbocycles. The van der Waals surface area contributed by atoms with Gasteiger partial charge in [0.05, 0.1) is 6.04 Å². The van der Waals surface area contributed by atoms with E-state index in [2.05, 4.69) is 5.32 Å². The Hall–Kier alpha value is -1.64. The van der Waals surface area contributed by atoms with Crippen LogP contribution in [0, 0.1) is 5.92 Å².